The van der Waals surface area contributed by atoms with E-state index in [0.717, 1.165) is 6.07 Å². The van der Waals surface area contributed by atoms with E-state index in [0.29, 0.717) is 4.47 Å². The highest BCUT2D eigenvalue weighted by molar-refractivity contribution is 9.10. The molecule has 0 aromatic heterocycles. The molecule has 0 bridgehead atoms. The number of nitrogen functional groups attached to an aromatic ring is 1. The van der Waals surface area contributed by atoms with Crippen molar-refractivity contribution in [2.75, 3.05) is 11.1 Å². The molecule has 2 aromatic rings. The Bertz CT molecular complexity index is 602. The van der Waals surface area contributed by atoms with Crippen LogP contribution in [0, 0.1) is 17.5 Å². The maximum Gasteiger partial charge on any atom is 0.184 e. The molecular formula is C12H8BrF3N2. The van der Waals surface area contributed by atoms with Crippen molar-refractivity contribution in [1.82, 2.24) is 0 Å². The van der Waals surface area contributed by atoms with Crippen LogP contribution in [0.15, 0.2) is 34.8 Å². The predicted octanol–water partition coefficient (Wildman–Crippen LogP) is 4.19. The maximum atomic E-state index is 13.5. The molecule has 0 spiro atoms. The minimum atomic E-state index is -1.14. The molecule has 2 rings (SSSR count). The third-order valence-corrected chi connectivity index (χ3v) is 2.81. The summed E-state index contributed by atoms with van der Waals surface area (Å²) < 4.78 is 40.7. The van der Waals surface area contributed by atoms with E-state index in [4.69, 9.17) is 5.73 Å². The zero-order valence-electron chi connectivity index (χ0n) is 8.98. The number of rotatable bonds is 2. The second kappa shape index (κ2) is 4.89. The standard InChI is InChI=1S/C12H8BrF3N2/c13-6-1-2-7(14)10(5-6)18-12-9(17)4-3-8(15)11(12)16/h1-5,18H,17H2. The van der Waals surface area contributed by atoms with Gasteiger partial charge in [-0.2, -0.15) is 0 Å². The molecule has 0 saturated heterocycles. The van der Waals surface area contributed by atoms with Gasteiger partial charge in [-0.25, -0.2) is 13.2 Å². The highest BCUT2D eigenvalue weighted by Gasteiger charge is 2.13. The number of anilines is 3. The fourth-order valence-corrected chi connectivity index (χ4v) is 1.78. The first-order valence-corrected chi connectivity index (χ1v) is 5.74. The lowest BCUT2D eigenvalue weighted by molar-refractivity contribution is 0.512. The van der Waals surface area contributed by atoms with E-state index in [1.807, 2.05) is 0 Å². The Morgan fingerprint density at radius 2 is 1.67 bits per heavy atom. The normalized spacial score (nSPS) is 10.4. The number of nitrogens with one attached hydrogen (secondary N) is 1. The van der Waals surface area contributed by atoms with E-state index >= 15 is 0 Å². The van der Waals surface area contributed by atoms with Gasteiger partial charge in [0.25, 0.3) is 0 Å². The second-order valence-electron chi connectivity index (χ2n) is 3.57. The van der Waals surface area contributed by atoms with Crippen LogP contribution in [0.5, 0.6) is 0 Å². The number of hydrogen-bond donors (Lipinski definition) is 2. The van der Waals surface area contributed by atoms with Crippen molar-refractivity contribution in [2.24, 2.45) is 0 Å². The van der Waals surface area contributed by atoms with Gasteiger partial charge in [0.05, 0.1) is 11.4 Å². The van der Waals surface area contributed by atoms with Crippen LogP contribution in [0.4, 0.5) is 30.2 Å². The maximum absolute atomic E-state index is 13.5. The van der Waals surface area contributed by atoms with E-state index in [2.05, 4.69) is 21.2 Å². The Morgan fingerprint density at radius 3 is 2.39 bits per heavy atom. The van der Waals surface area contributed by atoms with Gasteiger partial charge in [-0.3, -0.25) is 0 Å². The Morgan fingerprint density at radius 1 is 1.00 bits per heavy atom. The lowest BCUT2D eigenvalue weighted by atomic mass is 10.2. The quantitative estimate of drug-likeness (QED) is 0.815. The van der Waals surface area contributed by atoms with Crippen molar-refractivity contribution >= 4 is 33.0 Å². The smallest absolute Gasteiger partial charge is 0.184 e. The SMILES string of the molecule is Nc1ccc(F)c(F)c1Nc1cc(Br)ccc1F. The molecule has 0 aliphatic heterocycles. The lowest BCUT2D eigenvalue weighted by Gasteiger charge is -2.11. The number of benzene rings is 2. The van der Waals surface area contributed by atoms with Crippen LogP contribution in [-0.2, 0) is 0 Å². The van der Waals surface area contributed by atoms with Crippen molar-refractivity contribution in [3.8, 4) is 0 Å². The van der Waals surface area contributed by atoms with Crippen LogP contribution < -0.4 is 11.1 Å². The topological polar surface area (TPSA) is 38.0 Å². The van der Waals surface area contributed by atoms with Crippen molar-refractivity contribution in [1.29, 1.82) is 0 Å². The summed E-state index contributed by atoms with van der Waals surface area (Å²) in [5.74, 6) is -2.79. The molecule has 0 amide bonds. The lowest BCUT2D eigenvalue weighted by Crippen LogP contribution is -2.02. The molecule has 2 aromatic carbocycles. The van der Waals surface area contributed by atoms with Crippen LogP contribution >= 0.6 is 15.9 Å². The largest absolute Gasteiger partial charge is 0.397 e. The molecule has 94 valence electrons. The van der Waals surface area contributed by atoms with Crippen molar-refractivity contribution in [2.45, 2.75) is 0 Å². The molecule has 18 heavy (non-hydrogen) atoms. The van der Waals surface area contributed by atoms with Gasteiger partial charge in [0.1, 0.15) is 11.5 Å². The molecular weight excluding hydrogens is 309 g/mol. The van der Waals surface area contributed by atoms with E-state index < -0.39 is 17.5 Å². The van der Waals surface area contributed by atoms with Crippen LogP contribution in [0.2, 0.25) is 0 Å². The zero-order valence-corrected chi connectivity index (χ0v) is 10.6. The van der Waals surface area contributed by atoms with Gasteiger partial charge in [-0.05, 0) is 30.3 Å². The monoisotopic (exact) mass is 316 g/mol. The molecule has 0 unspecified atom stereocenters. The summed E-state index contributed by atoms with van der Waals surface area (Å²) in [5, 5.41) is 2.45. The highest BCUT2D eigenvalue weighted by atomic mass is 79.9. The molecule has 0 aliphatic carbocycles. The molecule has 6 heteroatoms. The summed E-state index contributed by atoms with van der Waals surface area (Å²) >= 11 is 3.16. The zero-order chi connectivity index (χ0) is 13.3. The predicted molar refractivity (Wildman–Crippen MR) is 68.2 cm³/mol. The van der Waals surface area contributed by atoms with E-state index in [1.165, 1.54) is 24.3 Å². The first-order valence-electron chi connectivity index (χ1n) is 4.94. The van der Waals surface area contributed by atoms with Crippen molar-refractivity contribution < 1.29 is 13.2 Å². The third-order valence-electron chi connectivity index (χ3n) is 2.32. The third kappa shape index (κ3) is 2.43. The summed E-state index contributed by atoms with van der Waals surface area (Å²) in [6, 6.07) is 6.20. The molecule has 0 atom stereocenters. The first kappa shape index (κ1) is 12.8. The molecule has 0 aliphatic rings. The summed E-state index contributed by atoms with van der Waals surface area (Å²) in [4.78, 5) is 0. The fraction of sp³-hybridized carbons (Fsp3) is 0. The summed E-state index contributed by atoms with van der Waals surface area (Å²) in [5.41, 5.74) is 5.23. The summed E-state index contributed by atoms with van der Waals surface area (Å²) in [6.07, 6.45) is 0. The van der Waals surface area contributed by atoms with E-state index in [1.54, 1.807) is 0 Å². The molecule has 2 nitrogen and oxygen atoms in total. The summed E-state index contributed by atoms with van der Waals surface area (Å²) in [6.45, 7) is 0. The van der Waals surface area contributed by atoms with Gasteiger partial charge in [0.2, 0.25) is 0 Å². The van der Waals surface area contributed by atoms with Crippen LogP contribution in [0.25, 0.3) is 0 Å². The first-order chi connectivity index (χ1) is 8.49. The average molecular weight is 317 g/mol. The average Bonchev–Trinajstić information content (AvgIpc) is 2.34. The minimum absolute atomic E-state index is 0.000532. The van der Waals surface area contributed by atoms with E-state index in [9.17, 15) is 13.2 Å². The molecule has 0 heterocycles. The molecule has 0 radical (unpaired) electrons. The van der Waals surface area contributed by atoms with Crippen LogP contribution in [-0.4, -0.2) is 0 Å². The fourth-order valence-electron chi connectivity index (χ4n) is 1.42. The van der Waals surface area contributed by atoms with Gasteiger partial charge in [0, 0.05) is 4.47 Å². The molecule has 0 saturated carbocycles. The van der Waals surface area contributed by atoms with Crippen LogP contribution in [0.1, 0.15) is 0 Å². The van der Waals surface area contributed by atoms with Gasteiger partial charge in [-0.15, -0.1) is 0 Å². The van der Waals surface area contributed by atoms with Crippen molar-refractivity contribution in [3.63, 3.8) is 0 Å². The number of hydrogen-bond acceptors (Lipinski definition) is 2. The Hall–Kier alpha value is -1.69. The Balaban J connectivity index is 2.46. The minimum Gasteiger partial charge on any atom is -0.397 e. The van der Waals surface area contributed by atoms with Crippen molar-refractivity contribution in [3.05, 3.63) is 52.3 Å². The van der Waals surface area contributed by atoms with Gasteiger partial charge < -0.3 is 11.1 Å². The highest BCUT2D eigenvalue weighted by Crippen LogP contribution is 2.30. The summed E-state index contributed by atoms with van der Waals surface area (Å²) in [7, 11) is 0. The number of nitrogens with two attached hydrogens (primary N) is 1. The van der Waals surface area contributed by atoms with Crippen LogP contribution in [0.3, 0.4) is 0 Å². The van der Waals surface area contributed by atoms with Gasteiger partial charge in [0.15, 0.2) is 11.6 Å². The van der Waals surface area contributed by atoms with Gasteiger partial charge >= 0.3 is 0 Å². The number of halogens is 4. The van der Waals surface area contributed by atoms with Gasteiger partial charge in [-0.1, -0.05) is 15.9 Å². The van der Waals surface area contributed by atoms with E-state index in [-0.39, 0.29) is 17.1 Å². The molecule has 3 N–H and O–H groups in total. The Labute approximate surface area is 110 Å². The Kier molecular flexibility index (Phi) is 3.47. The molecule has 0 fully saturated rings. The second-order valence-corrected chi connectivity index (χ2v) is 4.49.